The van der Waals surface area contributed by atoms with Crippen LogP contribution in [0.4, 0.5) is 0 Å². The minimum Gasteiger partial charge on any atom is -0.373 e. The van der Waals surface area contributed by atoms with E-state index >= 15 is 0 Å². The van der Waals surface area contributed by atoms with E-state index in [1.54, 1.807) is 0 Å². The monoisotopic (exact) mass is 320 g/mol. The number of aromatic nitrogens is 2. The van der Waals surface area contributed by atoms with Crippen molar-refractivity contribution in [2.75, 3.05) is 19.7 Å². The Kier molecular flexibility index (Phi) is 4.73. The van der Waals surface area contributed by atoms with Gasteiger partial charge < -0.3 is 15.4 Å². The van der Waals surface area contributed by atoms with Crippen molar-refractivity contribution in [1.29, 1.82) is 0 Å². The van der Waals surface area contributed by atoms with Gasteiger partial charge in [-0.2, -0.15) is 5.10 Å². The Morgan fingerprint density at radius 3 is 3.04 bits per heavy atom. The van der Waals surface area contributed by atoms with Crippen molar-refractivity contribution in [3.8, 4) is 0 Å². The van der Waals surface area contributed by atoms with E-state index < -0.39 is 0 Å². The molecule has 1 saturated carbocycles. The molecule has 1 aliphatic heterocycles. The van der Waals surface area contributed by atoms with Gasteiger partial charge in [-0.25, -0.2) is 0 Å². The fourth-order valence-electron chi connectivity index (χ4n) is 3.79. The summed E-state index contributed by atoms with van der Waals surface area (Å²) in [6.45, 7) is 6.61. The number of hydrogen-bond acceptors (Lipinski definition) is 4. The summed E-state index contributed by atoms with van der Waals surface area (Å²) in [6.07, 6.45) is 7.91. The van der Waals surface area contributed by atoms with Crippen molar-refractivity contribution in [3.05, 3.63) is 18.0 Å². The minimum atomic E-state index is -0.373. The number of carbonyl (C=O) groups is 1. The van der Waals surface area contributed by atoms with Crippen molar-refractivity contribution in [2.45, 2.75) is 57.7 Å². The molecule has 6 heteroatoms. The smallest absolute Gasteiger partial charge is 0.227 e. The van der Waals surface area contributed by atoms with Crippen molar-refractivity contribution in [2.24, 2.45) is 11.7 Å². The second-order valence-electron chi connectivity index (χ2n) is 7.32. The average Bonchev–Trinajstić information content (AvgIpc) is 2.91. The van der Waals surface area contributed by atoms with E-state index in [1.807, 2.05) is 35.8 Å². The first-order valence-corrected chi connectivity index (χ1v) is 8.64. The molecule has 6 nitrogen and oxygen atoms in total. The minimum absolute atomic E-state index is 0.000351. The number of nitrogens with two attached hydrogens (primary N) is 1. The highest BCUT2D eigenvalue weighted by Crippen LogP contribution is 2.33. The molecule has 1 aromatic rings. The maximum atomic E-state index is 12.9. The molecule has 128 valence electrons. The van der Waals surface area contributed by atoms with Crippen LogP contribution in [0.25, 0.3) is 0 Å². The highest BCUT2D eigenvalue weighted by atomic mass is 16.5. The lowest BCUT2D eigenvalue weighted by Crippen LogP contribution is -2.56. The average molecular weight is 320 g/mol. The van der Waals surface area contributed by atoms with Gasteiger partial charge in [-0.1, -0.05) is 12.8 Å². The number of aryl methyl sites for hydroxylation is 1. The van der Waals surface area contributed by atoms with Gasteiger partial charge in [0.15, 0.2) is 0 Å². The molecule has 3 rings (SSSR count). The van der Waals surface area contributed by atoms with Crippen LogP contribution in [0.2, 0.25) is 0 Å². The number of rotatable bonds is 3. The zero-order valence-electron chi connectivity index (χ0n) is 14.2. The Labute approximate surface area is 138 Å². The van der Waals surface area contributed by atoms with Crippen molar-refractivity contribution >= 4 is 5.91 Å². The third-order valence-electron chi connectivity index (χ3n) is 5.16. The quantitative estimate of drug-likeness (QED) is 0.912. The number of hydrogen-bond donors (Lipinski definition) is 1. The summed E-state index contributed by atoms with van der Waals surface area (Å²) in [4.78, 5) is 14.9. The number of carbonyl (C=O) groups excluding carboxylic acids is 1. The van der Waals surface area contributed by atoms with E-state index in [0.29, 0.717) is 26.2 Å². The lowest BCUT2D eigenvalue weighted by Gasteiger charge is -2.42. The van der Waals surface area contributed by atoms with Crippen LogP contribution in [0.15, 0.2) is 12.4 Å². The fraction of sp³-hybridized carbons (Fsp3) is 0.765. The summed E-state index contributed by atoms with van der Waals surface area (Å²) in [5.74, 6) is 0.154. The molecule has 0 aromatic carbocycles. The Bertz CT molecular complexity index is 555. The molecule has 2 aliphatic rings. The lowest BCUT2D eigenvalue weighted by molar-refractivity contribution is -0.147. The molecular formula is C17H28N4O2. The number of morpholine rings is 1. The second-order valence-corrected chi connectivity index (χ2v) is 7.32. The van der Waals surface area contributed by atoms with Crippen molar-refractivity contribution in [1.82, 2.24) is 14.7 Å². The second kappa shape index (κ2) is 6.61. The summed E-state index contributed by atoms with van der Waals surface area (Å²) < 4.78 is 7.72. The van der Waals surface area contributed by atoms with Gasteiger partial charge in [0, 0.05) is 24.8 Å². The van der Waals surface area contributed by atoms with E-state index in [4.69, 9.17) is 10.5 Å². The molecule has 1 aliphatic carbocycles. The Morgan fingerprint density at radius 1 is 1.52 bits per heavy atom. The lowest BCUT2D eigenvalue weighted by atomic mass is 9.74. The van der Waals surface area contributed by atoms with Gasteiger partial charge in [0.05, 0.1) is 31.4 Å². The van der Waals surface area contributed by atoms with Crippen LogP contribution >= 0.6 is 0 Å². The number of amides is 1. The molecule has 1 aromatic heterocycles. The van der Waals surface area contributed by atoms with Gasteiger partial charge in [0.25, 0.3) is 0 Å². The highest BCUT2D eigenvalue weighted by Gasteiger charge is 2.40. The van der Waals surface area contributed by atoms with E-state index in [-0.39, 0.29) is 23.5 Å². The van der Waals surface area contributed by atoms with Crippen LogP contribution in [0.1, 0.15) is 38.2 Å². The standard InChI is InChI=1S/C17H28N4O2/c1-13-9-19-21(10-13)12-14-11-20(7-8-23-14)16(22)15-5-3-4-6-17(15,2)18/h9-10,14-15H,3-8,11-12,18H2,1-2H3. The van der Waals surface area contributed by atoms with Crippen LogP contribution in [0.3, 0.4) is 0 Å². The fourth-order valence-corrected chi connectivity index (χ4v) is 3.79. The van der Waals surface area contributed by atoms with Gasteiger partial charge in [0.2, 0.25) is 5.91 Å². The highest BCUT2D eigenvalue weighted by molar-refractivity contribution is 5.80. The largest absolute Gasteiger partial charge is 0.373 e. The molecule has 2 fully saturated rings. The third kappa shape index (κ3) is 3.75. The SMILES string of the molecule is Cc1cnn(CC2CN(C(=O)C3CCCCC3(C)N)CCO2)c1. The summed E-state index contributed by atoms with van der Waals surface area (Å²) in [6, 6.07) is 0. The van der Waals surface area contributed by atoms with Crippen LogP contribution in [-0.4, -0.2) is 51.9 Å². The maximum absolute atomic E-state index is 12.9. The maximum Gasteiger partial charge on any atom is 0.227 e. The molecule has 23 heavy (non-hydrogen) atoms. The van der Waals surface area contributed by atoms with Crippen LogP contribution in [0.5, 0.6) is 0 Å². The van der Waals surface area contributed by atoms with Gasteiger partial charge in [-0.3, -0.25) is 9.48 Å². The first-order chi connectivity index (χ1) is 11.0. The predicted molar refractivity (Wildman–Crippen MR) is 87.8 cm³/mol. The van der Waals surface area contributed by atoms with Gasteiger partial charge in [-0.05, 0) is 32.3 Å². The first-order valence-electron chi connectivity index (χ1n) is 8.64. The molecule has 0 radical (unpaired) electrons. The molecule has 0 bridgehead atoms. The normalized spacial score (nSPS) is 32.0. The number of nitrogens with zero attached hydrogens (tertiary/aromatic N) is 3. The third-order valence-corrected chi connectivity index (χ3v) is 5.16. The van der Waals surface area contributed by atoms with E-state index in [2.05, 4.69) is 5.10 Å². The Morgan fingerprint density at radius 2 is 2.35 bits per heavy atom. The van der Waals surface area contributed by atoms with Crippen molar-refractivity contribution < 1.29 is 9.53 Å². The topological polar surface area (TPSA) is 73.4 Å². The molecule has 3 atom stereocenters. The van der Waals surface area contributed by atoms with E-state index in [9.17, 15) is 4.79 Å². The van der Waals surface area contributed by atoms with Crippen LogP contribution < -0.4 is 5.73 Å². The van der Waals surface area contributed by atoms with Gasteiger partial charge in [0.1, 0.15) is 0 Å². The zero-order chi connectivity index (χ0) is 16.4. The Balaban J connectivity index is 1.62. The van der Waals surface area contributed by atoms with E-state index in [0.717, 1.165) is 31.2 Å². The molecule has 1 amide bonds. The molecule has 2 heterocycles. The van der Waals surface area contributed by atoms with Crippen molar-refractivity contribution in [3.63, 3.8) is 0 Å². The van der Waals surface area contributed by atoms with Gasteiger partial charge in [-0.15, -0.1) is 0 Å². The van der Waals surface area contributed by atoms with E-state index in [1.165, 1.54) is 0 Å². The van der Waals surface area contributed by atoms with Crippen LogP contribution in [0, 0.1) is 12.8 Å². The number of ether oxygens (including phenoxy) is 1. The first kappa shape index (κ1) is 16.5. The molecule has 2 N–H and O–H groups in total. The Hall–Kier alpha value is -1.40. The molecule has 0 spiro atoms. The predicted octanol–water partition coefficient (Wildman–Crippen LogP) is 1.33. The molecule has 1 saturated heterocycles. The van der Waals surface area contributed by atoms with Crippen LogP contribution in [-0.2, 0) is 16.1 Å². The summed E-state index contributed by atoms with van der Waals surface area (Å²) in [7, 11) is 0. The molecular weight excluding hydrogens is 292 g/mol. The molecule has 3 unspecified atom stereocenters. The summed E-state index contributed by atoms with van der Waals surface area (Å²) in [5, 5.41) is 4.31. The summed E-state index contributed by atoms with van der Waals surface area (Å²) >= 11 is 0. The van der Waals surface area contributed by atoms with Gasteiger partial charge >= 0.3 is 0 Å². The summed E-state index contributed by atoms with van der Waals surface area (Å²) in [5.41, 5.74) is 7.16. The zero-order valence-corrected chi connectivity index (χ0v) is 14.2.